The Kier molecular flexibility index (Phi) is 7.14. The molecule has 11 heteroatoms. The summed E-state index contributed by atoms with van der Waals surface area (Å²) in [6.45, 7) is 3.35. The number of benzene rings is 2. The van der Waals surface area contributed by atoms with Gasteiger partial charge in [-0.1, -0.05) is 19.1 Å². The zero-order valence-corrected chi connectivity index (χ0v) is 20.4. The summed E-state index contributed by atoms with van der Waals surface area (Å²) in [6, 6.07) is 12.1. The number of rotatable bonds is 9. The molecule has 0 saturated carbocycles. The summed E-state index contributed by atoms with van der Waals surface area (Å²) < 4.78 is 5.49. The molecule has 2 heterocycles. The van der Waals surface area contributed by atoms with E-state index in [1.165, 1.54) is 40.9 Å². The zero-order valence-electron chi connectivity index (χ0n) is 19.6. The summed E-state index contributed by atoms with van der Waals surface area (Å²) in [7, 11) is 0. The van der Waals surface area contributed by atoms with Gasteiger partial charge < -0.3 is 20.5 Å². The van der Waals surface area contributed by atoms with Gasteiger partial charge in [-0.15, -0.1) is 11.8 Å². The van der Waals surface area contributed by atoms with Gasteiger partial charge in [0.1, 0.15) is 12.3 Å². The van der Waals surface area contributed by atoms with E-state index in [0.29, 0.717) is 21.8 Å². The van der Waals surface area contributed by atoms with Crippen LogP contribution in [0.1, 0.15) is 35.3 Å². The zero-order chi connectivity index (χ0) is 26.1. The van der Waals surface area contributed by atoms with E-state index in [-0.39, 0.29) is 35.9 Å². The Morgan fingerprint density at radius 3 is 2.33 bits per heavy atom. The number of carbonyl (C=O) groups is 3. The Balaban J connectivity index is 1.54. The lowest BCUT2D eigenvalue weighted by atomic mass is 9.79. The first kappa shape index (κ1) is 25.4. The number of ether oxygens (including phenoxy) is 1. The van der Waals surface area contributed by atoms with Crippen molar-refractivity contribution in [3.8, 4) is 0 Å². The van der Waals surface area contributed by atoms with E-state index in [4.69, 9.17) is 10.5 Å². The van der Waals surface area contributed by atoms with Gasteiger partial charge in [-0.3, -0.25) is 19.7 Å². The quantitative estimate of drug-likeness (QED) is 0.226. The lowest BCUT2D eigenvalue weighted by Gasteiger charge is -2.46. The molecule has 1 fully saturated rings. The lowest BCUT2D eigenvalue weighted by molar-refractivity contribution is -0.384. The number of aliphatic hydroxyl groups is 1. The van der Waals surface area contributed by atoms with Crippen molar-refractivity contribution < 1.29 is 29.2 Å². The van der Waals surface area contributed by atoms with Gasteiger partial charge in [-0.2, -0.15) is 0 Å². The van der Waals surface area contributed by atoms with Gasteiger partial charge in [0.05, 0.1) is 23.0 Å². The molecule has 0 unspecified atom stereocenters. The second-order valence-electron chi connectivity index (χ2n) is 8.82. The van der Waals surface area contributed by atoms with E-state index < -0.39 is 28.8 Å². The van der Waals surface area contributed by atoms with Crippen LogP contribution in [-0.2, 0) is 26.7 Å². The molecule has 1 saturated heterocycles. The molecule has 0 aromatic heterocycles. The molecule has 0 spiro atoms. The molecule has 4 rings (SSSR count). The summed E-state index contributed by atoms with van der Waals surface area (Å²) in [6.07, 6.45) is -0.857. The number of esters is 1. The second-order valence-corrected chi connectivity index (χ2v) is 9.83. The maximum Gasteiger partial charge on any atom is 0.356 e. The van der Waals surface area contributed by atoms with Crippen LogP contribution >= 0.6 is 11.8 Å². The van der Waals surface area contributed by atoms with Gasteiger partial charge in [0.15, 0.2) is 0 Å². The van der Waals surface area contributed by atoms with Crippen molar-refractivity contribution >= 4 is 35.2 Å². The Morgan fingerprint density at radius 1 is 1.17 bits per heavy atom. The van der Waals surface area contributed by atoms with E-state index in [1.54, 1.807) is 31.2 Å². The fourth-order valence-electron chi connectivity index (χ4n) is 4.56. The molecule has 10 nitrogen and oxygen atoms in total. The largest absolute Gasteiger partial charge is 0.456 e. The molecule has 2 aliphatic heterocycles. The Bertz CT molecular complexity index is 1240. The SMILES string of the molecule is C[C@@H](O)[C@H]1C(=O)N2C(C(=O)OCc3ccc([N+](=O)[O-])cc3)=C(SCc3ccc(C(N)=O)cc3)[C@H](C)[C@H]12. The van der Waals surface area contributed by atoms with Crippen molar-refractivity contribution in [2.45, 2.75) is 38.4 Å². The van der Waals surface area contributed by atoms with Crippen molar-refractivity contribution in [2.75, 3.05) is 0 Å². The van der Waals surface area contributed by atoms with E-state index in [1.807, 2.05) is 6.92 Å². The van der Waals surface area contributed by atoms with Gasteiger partial charge in [0.25, 0.3) is 5.69 Å². The normalized spacial score (nSPS) is 21.6. The number of carbonyl (C=O) groups excluding carboxylic acids is 3. The fourth-order valence-corrected chi connectivity index (χ4v) is 5.80. The number of hydrogen-bond donors (Lipinski definition) is 2. The summed E-state index contributed by atoms with van der Waals surface area (Å²) in [5.41, 5.74) is 7.24. The molecule has 3 N–H and O–H groups in total. The third-order valence-electron chi connectivity index (χ3n) is 6.45. The predicted octanol–water partition coefficient (Wildman–Crippen LogP) is 2.74. The van der Waals surface area contributed by atoms with Gasteiger partial charge in [-0.25, -0.2) is 4.79 Å². The molecular formula is C25H25N3O7S. The van der Waals surface area contributed by atoms with Crippen LogP contribution in [0.25, 0.3) is 0 Å². The third-order valence-corrected chi connectivity index (χ3v) is 7.81. The minimum atomic E-state index is -0.857. The molecule has 188 valence electrons. The standard InChI is InChI=1S/C25H25N3O7S/c1-13-20-19(14(2)29)24(31)27(20)21(22(13)36-12-16-3-7-17(8-4-16)23(26)30)25(32)35-11-15-5-9-18(10-6-15)28(33)34/h3-10,13-14,19-20,29H,11-12H2,1-2H3,(H2,26,30)/t13-,14-,19-,20-/m1/s1. The number of nitrogens with two attached hydrogens (primary N) is 1. The van der Waals surface area contributed by atoms with Gasteiger partial charge in [-0.05, 0) is 42.3 Å². The first-order valence-electron chi connectivity index (χ1n) is 11.3. The van der Waals surface area contributed by atoms with Crippen molar-refractivity contribution in [1.29, 1.82) is 0 Å². The first-order valence-corrected chi connectivity index (χ1v) is 12.3. The molecule has 2 aromatic rings. The maximum atomic E-state index is 13.2. The molecule has 2 amide bonds. The predicted molar refractivity (Wildman–Crippen MR) is 131 cm³/mol. The smallest absolute Gasteiger partial charge is 0.356 e. The number of primary amides is 1. The van der Waals surface area contributed by atoms with Crippen molar-refractivity contribution in [2.24, 2.45) is 17.6 Å². The van der Waals surface area contributed by atoms with Crippen molar-refractivity contribution in [3.05, 3.63) is 85.9 Å². The van der Waals surface area contributed by atoms with Crippen molar-refractivity contribution in [3.63, 3.8) is 0 Å². The molecule has 36 heavy (non-hydrogen) atoms. The molecule has 4 atom stereocenters. The van der Waals surface area contributed by atoms with E-state index in [9.17, 15) is 29.6 Å². The number of hydrogen-bond acceptors (Lipinski definition) is 8. The van der Waals surface area contributed by atoms with Crippen LogP contribution in [0.5, 0.6) is 0 Å². The second kappa shape index (κ2) is 10.1. The fraction of sp³-hybridized carbons (Fsp3) is 0.320. The van der Waals surface area contributed by atoms with Crippen LogP contribution in [0.2, 0.25) is 0 Å². The van der Waals surface area contributed by atoms with E-state index in [0.717, 1.165) is 5.56 Å². The van der Waals surface area contributed by atoms with Crippen LogP contribution in [0.3, 0.4) is 0 Å². The van der Waals surface area contributed by atoms with Gasteiger partial charge >= 0.3 is 5.97 Å². The first-order chi connectivity index (χ1) is 17.1. The number of aliphatic hydroxyl groups excluding tert-OH is 1. The van der Waals surface area contributed by atoms with Crippen LogP contribution < -0.4 is 5.73 Å². The molecule has 2 aliphatic rings. The monoisotopic (exact) mass is 511 g/mol. The highest BCUT2D eigenvalue weighted by molar-refractivity contribution is 8.02. The van der Waals surface area contributed by atoms with Crippen LogP contribution in [0.15, 0.2) is 59.1 Å². The van der Waals surface area contributed by atoms with Gasteiger partial charge in [0, 0.05) is 34.3 Å². The topological polar surface area (TPSA) is 153 Å². The summed E-state index contributed by atoms with van der Waals surface area (Å²) in [5, 5.41) is 21.0. The molecule has 2 aromatic carbocycles. The number of β-lactam (4-membered cyclic amide) rings is 1. The summed E-state index contributed by atoms with van der Waals surface area (Å²) in [4.78, 5) is 49.8. The summed E-state index contributed by atoms with van der Waals surface area (Å²) >= 11 is 1.40. The number of thioether (sulfide) groups is 1. The molecule has 0 bridgehead atoms. The third kappa shape index (κ3) is 4.71. The highest BCUT2D eigenvalue weighted by Gasteiger charge is 2.60. The number of fused-ring (bicyclic) bond motifs is 1. The van der Waals surface area contributed by atoms with Crippen LogP contribution in [0, 0.1) is 22.0 Å². The molecular weight excluding hydrogens is 486 g/mol. The average Bonchev–Trinajstić information content (AvgIpc) is 3.09. The maximum absolute atomic E-state index is 13.2. The Labute approximate surface area is 211 Å². The molecule has 0 aliphatic carbocycles. The van der Waals surface area contributed by atoms with Gasteiger partial charge in [0.2, 0.25) is 11.8 Å². The van der Waals surface area contributed by atoms with Crippen LogP contribution in [0.4, 0.5) is 5.69 Å². The van der Waals surface area contributed by atoms with E-state index in [2.05, 4.69) is 0 Å². The summed E-state index contributed by atoms with van der Waals surface area (Å²) in [5.74, 6) is -1.85. The molecule has 0 radical (unpaired) electrons. The number of nitro benzene ring substituents is 1. The minimum absolute atomic E-state index is 0.0712. The Hall–Kier alpha value is -3.70. The number of amides is 2. The average molecular weight is 512 g/mol. The highest BCUT2D eigenvalue weighted by Crippen LogP contribution is 2.51. The van der Waals surface area contributed by atoms with Crippen molar-refractivity contribution in [1.82, 2.24) is 4.90 Å². The minimum Gasteiger partial charge on any atom is -0.456 e. The lowest BCUT2D eigenvalue weighted by Crippen LogP contribution is -2.63. The Morgan fingerprint density at radius 2 is 1.78 bits per heavy atom. The number of nitrogens with zero attached hydrogens (tertiary/aromatic N) is 2. The number of nitro groups is 1. The number of non-ortho nitro benzene ring substituents is 1. The van der Waals surface area contributed by atoms with Crippen LogP contribution in [-0.4, -0.2) is 44.9 Å². The van der Waals surface area contributed by atoms with E-state index >= 15 is 0 Å². The highest BCUT2D eigenvalue weighted by atomic mass is 32.2.